The van der Waals surface area contributed by atoms with Crippen molar-refractivity contribution in [3.05, 3.63) is 36.5 Å². The number of hydrogen-bond donors (Lipinski definition) is 7. The van der Waals surface area contributed by atoms with E-state index in [1.165, 1.54) is 25.3 Å². The zero-order valence-corrected chi connectivity index (χ0v) is 28.0. The SMILES string of the molecule is CCC/C=C/C(O)C(COC1OC(CO)C(O)C(OS(=O)(=O)O)C1O)NC(=O)C(O)CCCCCCC/C=C\C=C/CCCCC. The maximum Gasteiger partial charge on any atom is 0.397 e. The summed E-state index contributed by atoms with van der Waals surface area (Å²) in [6.45, 7) is 2.85. The van der Waals surface area contributed by atoms with E-state index in [4.69, 9.17) is 14.0 Å². The van der Waals surface area contributed by atoms with Crippen molar-refractivity contribution in [2.24, 2.45) is 0 Å². The van der Waals surface area contributed by atoms with Gasteiger partial charge in [-0.05, 0) is 38.5 Å². The van der Waals surface area contributed by atoms with Gasteiger partial charge in [-0.3, -0.25) is 9.35 Å². The van der Waals surface area contributed by atoms with Crippen LogP contribution < -0.4 is 5.32 Å². The Morgan fingerprint density at radius 2 is 1.52 bits per heavy atom. The van der Waals surface area contributed by atoms with Crippen molar-refractivity contribution in [1.82, 2.24) is 5.32 Å². The third kappa shape index (κ3) is 18.0. The summed E-state index contributed by atoms with van der Waals surface area (Å²) in [5.74, 6) is -0.731. The number of unbranched alkanes of at least 4 members (excludes halogenated alkanes) is 9. The minimum atomic E-state index is -5.10. The lowest BCUT2D eigenvalue weighted by Crippen LogP contribution is -2.61. The van der Waals surface area contributed by atoms with Gasteiger partial charge < -0.3 is 40.3 Å². The summed E-state index contributed by atoms with van der Waals surface area (Å²) in [5.41, 5.74) is 0. The molecule has 1 aliphatic rings. The second kappa shape index (κ2) is 24.4. The number of aliphatic hydroxyl groups excluding tert-OH is 5. The van der Waals surface area contributed by atoms with Crippen LogP contribution in [0.2, 0.25) is 0 Å². The highest BCUT2D eigenvalue weighted by molar-refractivity contribution is 7.80. The Hall–Kier alpha value is -1.72. The average molecular weight is 680 g/mol. The average Bonchev–Trinajstić information content (AvgIpc) is 3.01. The Kier molecular flexibility index (Phi) is 22.5. The Labute approximate surface area is 274 Å². The molecular weight excluding hydrogens is 622 g/mol. The number of carbonyl (C=O) groups excluding carboxylic acids is 1. The summed E-state index contributed by atoms with van der Waals surface area (Å²) in [7, 11) is -5.10. The highest BCUT2D eigenvalue weighted by Gasteiger charge is 2.48. The molecular formula is C32H57NO12S. The van der Waals surface area contributed by atoms with Crippen LogP contribution >= 0.6 is 0 Å². The van der Waals surface area contributed by atoms with Crippen LogP contribution in [0, 0.1) is 0 Å². The normalized spacial score (nSPS) is 24.6. The van der Waals surface area contributed by atoms with Crippen LogP contribution in [0.1, 0.15) is 97.3 Å². The van der Waals surface area contributed by atoms with Gasteiger partial charge >= 0.3 is 10.4 Å². The molecule has 0 aromatic carbocycles. The van der Waals surface area contributed by atoms with E-state index >= 15 is 0 Å². The second-order valence-corrected chi connectivity index (χ2v) is 12.6. The first-order chi connectivity index (χ1) is 21.9. The molecule has 8 unspecified atom stereocenters. The van der Waals surface area contributed by atoms with E-state index in [-0.39, 0.29) is 6.42 Å². The lowest BCUT2D eigenvalue weighted by Gasteiger charge is -2.41. The molecule has 46 heavy (non-hydrogen) atoms. The molecule has 1 amide bonds. The molecule has 1 heterocycles. The molecule has 1 aliphatic heterocycles. The fraction of sp³-hybridized carbons (Fsp3) is 0.781. The highest BCUT2D eigenvalue weighted by Crippen LogP contribution is 2.26. The Balaban J connectivity index is 2.60. The molecule has 0 spiro atoms. The minimum absolute atomic E-state index is 0.221. The molecule has 1 saturated heterocycles. The van der Waals surface area contributed by atoms with Gasteiger partial charge in [-0.15, -0.1) is 0 Å². The van der Waals surface area contributed by atoms with E-state index in [1.54, 1.807) is 6.08 Å². The van der Waals surface area contributed by atoms with Gasteiger partial charge in [-0.1, -0.05) is 95.2 Å². The first-order valence-electron chi connectivity index (χ1n) is 16.5. The fourth-order valence-corrected chi connectivity index (χ4v) is 5.32. The van der Waals surface area contributed by atoms with Crippen LogP contribution in [0.3, 0.4) is 0 Å². The van der Waals surface area contributed by atoms with E-state index in [0.717, 1.165) is 44.9 Å². The molecule has 1 rings (SSSR count). The van der Waals surface area contributed by atoms with Crippen molar-refractivity contribution in [1.29, 1.82) is 0 Å². The smallest absolute Gasteiger partial charge is 0.394 e. The van der Waals surface area contributed by atoms with Gasteiger partial charge in [0.1, 0.15) is 30.5 Å². The molecule has 0 aromatic heterocycles. The summed E-state index contributed by atoms with van der Waals surface area (Å²) in [5, 5.41) is 54.0. The molecule has 13 nitrogen and oxygen atoms in total. The molecule has 8 atom stereocenters. The summed E-state index contributed by atoms with van der Waals surface area (Å²) < 4.78 is 46.7. The van der Waals surface area contributed by atoms with Gasteiger partial charge in [-0.2, -0.15) is 8.42 Å². The van der Waals surface area contributed by atoms with Crippen molar-refractivity contribution >= 4 is 16.3 Å². The van der Waals surface area contributed by atoms with Gasteiger partial charge in [0.2, 0.25) is 5.91 Å². The van der Waals surface area contributed by atoms with Crippen LogP contribution in [-0.4, -0.2) is 107 Å². The highest BCUT2D eigenvalue weighted by atomic mass is 32.3. The zero-order valence-electron chi connectivity index (χ0n) is 27.2. The van der Waals surface area contributed by atoms with Crippen LogP contribution in [-0.2, 0) is 28.9 Å². The lowest BCUT2D eigenvalue weighted by molar-refractivity contribution is -0.298. The minimum Gasteiger partial charge on any atom is -0.394 e. The summed E-state index contributed by atoms with van der Waals surface area (Å²) in [6, 6.07) is -1.12. The van der Waals surface area contributed by atoms with E-state index in [2.05, 4.69) is 40.7 Å². The largest absolute Gasteiger partial charge is 0.397 e. The molecule has 7 N–H and O–H groups in total. The third-order valence-electron chi connectivity index (χ3n) is 7.53. The fourth-order valence-electron chi connectivity index (χ4n) is 4.81. The lowest BCUT2D eigenvalue weighted by atomic mass is 9.99. The molecule has 1 fully saturated rings. The summed E-state index contributed by atoms with van der Waals surface area (Å²) in [6.07, 6.45) is 12.4. The van der Waals surface area contributed by atoms with Gasteiger partial charge in [0.15, 0.2) is 6.29 Å². The summed E-state index contributed by atoms with van der Waals surface area (Å²) >= 11 is 0. The molecule has 14 heteroatoms. The quantitative estimate of drug-likeness (QED) is 0.0321. The van der Waals surface area contributed by atoms with Gasteiger partial charge in [0, 0.05) is 0 Å². The monoisotopic (exact) mass is 679 g/mol. The topological polar surface area (TPSA) is 212 Å². The molecule has 0 aromatic rings. The van der Waals surface area contributed by atoms with Gasteiger partial charge in [0.05, 0.1) is 25.4 Å². The predicted octanol–water partition coefficient (Wildman–Crippen LogP) is 2.62. The maximum atomic E-state index is 12.8. The van der Waals surface area contributed by atoms with Crippen LogP contribution in [0.25, 0.3) is 0 Å². The van der Waals surface area contributed by atoms with Crippen LogP contribution in [0.4, 0.5) is 0 Å². The van der Waals surface area contributed by atoms with Crippen LogP contribution in [0.15, 0.2) is 36.5 Å². The van der Waals surface area contributed by atoms with Crippen molar-refractivity contribution in [2.75, 3.05) is 13.2 Å². The Morgan fingerprint density at radius 3 is 2.13 bits per heavy atom. The van der Waals surface area contributed by atoms with E-state index in [0.29, 0.717) is 12.8 Å². The number of carbonyl (C=O) groups is 1. The predicted molar refractivity (Wildman–Crippen MR) is 173 cm³/mol. The zero-order chi connectivity index (χ0) is 34.4. The van der Waals surface area contributed by atoms with E-state index in [1.807, 2.05) is 6.92 Å². The van der Waals surface area contributed by atoms with E-state index < -0.39 is 78.5 Å². The molecule has 0 radical (unpaired) electrons. The standard InChI is InChI=1S/C32H57NO12S/c1-3-5-7-8-9-10-11-12-13-14-15-16-17-19-21-26(36)31(39)33-24(25(35)20-18-6-4-2)23-43-32-29(38)30(45-46(40,41)42)28(37)27(22-34)44-32/h9-12,18,20,24-30,32,34-38H,3-8,13-17,19,21-23H2,1-2H3,(H,33,39)(H,40,41,42)/b10-9-,12-11-,20-18+. The van der Waals surface area contributed by atoms with Crippen molar-refractivity contribution in [3.63, 3.8) is 0 Å². The number of ether oxygens (including phenoxy) is 2. The number of nitrogens with one attached hydrogen (secondary N) is 1. The van der Waals surface area contributed by atoms with Crippen molar-refractivity contribution < 1.29 is 57.0 Å². The summed E-state index contributed by atoms with van der Waals surface area (Å²) in [4.78, 5) is 12.8. The third-order valence-corrected chi connectivity index (χ3v) is 8.00. The maximum absolute atomic E-state index is 12.8. The van der Waals surface area contributed by atoms with Crippen LogP contribution in [0.5, 0.6) is 0 Å². The molecule has 0 saturated carbocycles. The number of rotatable bonds is 25. The number of aliphatic hydroxyl groups is 5. The second-order valence-electron chi connectivity index (χ2n) is 11.6. The Morgan fingerprint density at radius 1 is 0.891 bits per heavy atom. The number of amides is 1. The van der Waals surface area contributed by atoms with Crippen molar-refractivity contribution in [2.45, 2.75) is 146 Å². The first kappa shape index (κ1) is 42.3. The molecule has 268 valence electrons. The van der Waals surface area contributed by atoms with E-state index in [9.17, 15) is 38.7 Å². The van der Waals surface area contributed by atoms with Gasteiger partial charge in [0.25, 0.3) is 0 Å². The molecule has 0 aliphatic carbocycles. The Bertz CT molecular complexity index is 1010. The number of allylic oxidation sites excluding steroid dienone is 5. The van der Waals surface area contributed by atoms with Crippen molar-refractivity contribution in [3.8, 4) is 0 Å². The first-order valence-corrected chi connectivity index (χ1v) is 17.9. The number of hydrogen-bond acceptors (Lipinski definition) is 11. The molecule has 0 bridgehead atoms. The van der Waals surface area contributed by atoms with Gasteiger partial charge in [-0.25, -0.2) is 4.18 Å².